The van der Waals surface area contributed by atoms with Crippen molar-refractivity contribution in [2.24, 2.45) is 0 Å². The van der Waals surface area contributed by atoms with Gasteiger partial charge in [-0.1, -0.05) is 18.2 Å². The molecule has 0 radical (unpaired) electrons. The first-order valence-corrected chi connectivity index (χ1v) is 10.2. The van der Waals surface area contributed by atoms with Crippen molar-refractivity contribution in [3.05, 3.63) is 59.9 Å². The van der Waals surface area contributed by atoms with Gasteiger partial charge in [-0.2, -0.15) is 0 Å². The van der Waals surface area contributed by atoms with Crippen LogP contribution in [0.25, 0.3) is 0 Å². The molecule has 2 N–H and O–H groups in total. The maximum atomic E-state index is 13.8. The Morgan fingerprint density at radius 2 is 1.82 bits per heavy atom. The highest BCUT2D eigenvalue weighted by atomic mass is 35.5. The first-order valence-electron chi connectivity index (χ1n) is 8.74. The molecule has 0 atom stereocenters. The lowest BCUT2D eigenvalue weighted by atomic mass is 10.0. The van der Waals surface area contributed by atoms with E-state index < -0.39 is 15.8 Å². The van der Waals surface area contributed by atoms with Gasteiger partial charge in [-0.05, 0) is 56.3 Å². The van der Waals surface area contributed by atoms with E-state index in [0.29, 0.717) is 0 Å². The zero-order valence-electron chi connectivity index (χ0n) is 15.4. The smallest absolute Gasteiger partial charge is 0.262 e. The summed E-state index contributed by atoms with van der Waals surface area (Å²) in [6, 6.07) is 11.4. The Balaban J connectivity index is 0.00000280. The fraction of sp³-hybridized carbons (Fsp3) is 0.316. The molecule has 1 fully saturated rings. The maximum absolute atomic E-state index is 13.8. The van der Waals surface area contributed by atoms with Crippen molar-refractivity contribution < 1.29 is 17.6 Å². The number of piperidine rings is 1. The van der Waals surface area contributed by atoms with Gasteiger partial charge in [0.2, 0.25) is 0 Å². The number of hydrogen-bond acceptors (Lipinski definition) is 4. The van der Waals surface area contributed by atoms with Crippen LogP contribution >= 0.6 is 12.4 Å². The third-order valence-corrected chi connectivity index (χ3v) is 6.05. The molecule has 1 heterocycles. The molecule has 1 saturated heterocycles. The molecule has 2 aromatic carbocycles. The number of para-hydroxylation sites is 1. The van der Waals surface area contributed by atoms with Crippen LogP contribution in [0.1, 0.15) is 23.2 Å². The second-order valence-electron chi connectivity index (χ2n) is 6.51. The second kappa shape index (κ2) is 9.36. The number of nitrogens with zero attached hydrogens (tertiary/aromatic N) is 1. The van der Waals surface area contributed by atoms with Gasteiger partial charge in [0.25, 0.3) is 15.9 Å². The van der Waals surface area contributed by atoms with Crippen molar-refractivity contribution in [2.45, 2.75) is 23.8 Å². The van der Waals surface area contributed by atoms with E-state index in [9.17, 15) is 17.6 Å². The van der Waals surface area contributed by atoms with E-state index in [-0.39, 0.29) is 40.5 Å². The predicted octanol–water partition coefficient (Wildman–Crippen LogP) is 2.87. The van der Waals surface area contributed by atoms with E-state index in [4.69, 9.17) is 0 Å². The lowest BCUT2D eigenvalue weighted by Gasteiger charge is -2.31. The number of anilines is 1. The summed E-state index contributed by atoms with van der Waals surface area (Å²) in [6.45, 7) is 1.70. The van der Waals surface area contributed by atoms with E-state index in [1.54, 1.807) is 18.0 Å². The molecule has 152 valence electrons. The van der Waals surface area contributed by atoms with Crippen LogP contribution in [-0.2, 0) is 10.0 Å². The number of amides is 1. The summed E-state index contributed by atoms with van der Waals surface area (Å²) < 4.78 is 41.2. The Bertz CT molecular complexity index is 934. The van der Waals surface area contributed by atoms with Crippen LogP contribution in [0.5, 0.6) is 0 Å². The zero-order valence-corrected chi connectivity index (χ0v) is 17.0. The molecule has 9 heteroatoms. The molecule has 1 aliphatic heterocycles. The number of carbonyl (C=O) groups excluding carboxylic acids is 1. The molecule has 0 aliphatic carbocycles. The Kier molecular flexibility index (Phi) is 7.40. The SMILES string of the molecule is CN(C(=O)c1cccc(S(=O)(=O)Nc2ccccc2F)c1)C1CCNCC1.Cl. The largest absolute Gasteiger partial charge is 0.339 e. The summed E-state index contributed by atoms with van der Waals surface area (Å²) in [6.07, 6.45) is 1.71. The van der Waals surface area contributed by atoms with Crippen molar-refractivity contribution in [1.29, 1.82) is 0 Å². The van der Waals surface area contributed by atoms with E-state index in [1.165, 1.54) is 42.5 Å². The first-order chi connectivity index (χ1) is 12.9. The molecule has 0 aromatic heterocycles. The van der Waals surface area contributed by atoms with Gasteiger partial charge in [0.05, 0.1) is 10.6 Å². The molecule has 0 bridgehead atoms. The Labute approximate surface area is 170 Å². The van der Waals surface area contributed by atoms with Crippen molar-refractivity contribution in [2.75, 3.05) is 24.9 Å². The minimum atomic E-state index is -4.01. The summed E-state index contributed by atoms with van der Waals surface area (Å²) >= 11 is 0. The van der Waals surface area contributed by atoms with Crippen LogP contribution in [0.3, 0.4) is 0 Å². The minimum Gasteiger partial charge on any atom is -0.339 e. The fourth-order valence-corrected chi connectivity index (χ4v) is 4.22. The number of carbonyl (C=O) groups is 1. The molecule has 3 rings (SSSR count). The third-order valence-electron chi connectivity index (χ3n) is 4.69. The highest BCUT2D eigenvalue weighted by Gasteiger charge is 2.24. The number of nitrogens with one attached hydrogen (secondary N) is 2. The lowest BCUT2D eigenvalue weighted by molar-refractivity contribution is 0.0703. The standard InChI is InChI=1S/C19H22FN3O3S.ClH/c1-23(15-9-11-21-12-10-15)19(24)14-5-4-6-16(13-14)27(25,26)22-18-8-3-2-7-17(18)20;/h2-8,13,15,21-22H,9-12H2,1H3;1H. The summed E-state index contributed by atoms with van der Waals surface area (Å²) in [4.78, 5) is 14.3. The number of rotatable bonds is 5. The Morgan fingerprint density at radius 3 is 2.50 bits per heavy atom. The van der Waals surface area contributed by atoms with E-state index in [0.717, 1.165) is 25.9 Å². The van der Waals surface area contributed by atoms with Gasteiger partial charge in [0.1, 0.15) is 5.82 Å². The summed E-state index contributed by atoms with van der Waals surface area (Å²) in [5.41, 5.74) is 0.147. The van der Waals surface area contributed by atoms with Gasteiger partial charge < -0.3 is 10.2 Å². The number of benzene rings is 2. The molecule has 2 aromatic rings. The molecule has 28 heavy (non-hydrogen) atoms. The van der Waals surface area contributed by atoms with Crippen LogP contribution in [-0.4, -0.2) is 45.4 Å². The fourth-order valence-electron chi connectivity index (χ4n) is 3.11. The summed E-state index contributed by atoms with van der Waals surface area (Å²) in [7, 11) is -2.28. The molecule has 1 amide bonds. The van der Waals surface area contributed by atoms with Crippen LogP contribution in [0.15, 0.2) is 53.4 Å². The van der Waals surface area contributed by atoms with Crippen LogP contribution in [0.2, 0.25) is 0 Å². The quantitative estimate of drug-likeness (QED) is 0.769. The number of hydrogen-bond donors (Lipinski definition) is 2. The van der Waals surface area contributed by atoms with Crippen molar-refractivity contribution in [1.82, 2.24) is 10.2 Å². The molecular formula is C19H23ClFN3O3S. The third kappa shape index (κ3) is 5.01. The van der Waals surface area contributed by atoms with Gasteiger partial charge in [0, 0.05) is 18.7 Å². The van der Waals surface area contributed by atoms with Gasteiger partial charge >= 0.3 is 0 Å². The Morgan fingerprint density at radius 1 is 1.14 bits per heavy atom. The number of halogens is 2. The van der Waals surface area contributed by atoms with Gasteiger partial charge in [-0.3, -0.25) is 9.52 Å². The molecule has 0 saturated carbocycles. The van der Waals surface area contributed by atoms with Crippen molar-refractivity contribution >= 4 is 34.0 Å². The number of sulfonamides is 1. The molecular weight excluding hydrogens is 405 g/mol. The van der Waals surface area contributed by atoms with Crippen LogP contribution < -0.4 is 10.0 Å². The van der Waals surface area contributed by atoms with E-state index in [1.807, 2.05) is 0 Å². The Hall–Kier alpha value is -2.16. The molecule has 0 spiro atoms. The zero-order chi connectivity index (χ0) is 19.4. The second-order valence-corrected chi connectivity index (χ2v) is 8.19. The summed E-state index contributed by atoms with van der Waals surface area (Å²) in [5, 5.41) is 3.25. The van der Waals surface area contributed by atoms with Gasteiger partial charge in [0.15, 0.2) is 0 Å². The van der Waals surface area contributed by atoms with Crippen LogP contribution in [0.4, 0.5) is 10.1 Å². The first kappa shape index (κ1) is 22.1. The minimum absolute atomic E-state index is 0. The van der Waals surface area contributed by atoms with E-state index in [2.05, 4.69) is 10.0 Å². The highest BCUT2D eigenvalue weighted by Crippen LogP contribution is 2.21. The predicted molar refractivity (Wildman–Crippen MR) is 109 cm³/mol. The van der Waals surface area contributed by atoms with Crippen molar-refractivity contribution in [3.63, 3.8) is 0 Å². The summed E-state index contributed by atoms with van der Waals surface area (Å²) in [5.74, 6) is -0.899. The maximum Gasteiger partial charge on any atom is 0.262 e. The van der Waals surface area contributed by atoms with Gasteiger partial charge in [-0.25, -0.2) is 12.8 Å². The van der Waals surface area contributed by atoms with Gasteiger partial charge in [-0.15, -0.1) is 12.4 Å². The van der Waals surface area contributed by atoms with E-state index >= 15 is 0 Å². The topological polar surface area (TPSA) is 78.5 Å². The monoisotopic (exact) mass is 427 g/mol. The molecule has 6 nitrogen and oxygen atoms in total. The molecule has 1 aliphatic rings. The normalized spacial score (nSPS) is 14.8. The average Bonchev–Trinajstić information content (AvgIpc) is 2.69. The molecule has 0 unspecified atom stereocenters. The van der Waals surface area contributed by atoms with Crippen molar-refractivity contribution in [3.8, 4) is 0 Å². The highest BCUT2D eigenvalue weighted by molar-refractivity contribution is 7.92. The van der Waals surface area contributed by atoms with Crippen LogP contribution in [0, 0.1) is 5.82 Å². The average molecular weight is 428 g/mol. The lowest BCUT2D eigenvalue weighted by Crippen LogP contribution is -2.44.